The molecule has 1 aromatic carbocycles. The summed E-state index contributed by atoms with van der Waals surface area (Å²) in [7, 11) is 3.03. The lowest BCUT2D eigenvalue weighted by molar-refractivity contribution is -0.153. The van der Waals surface area contributed by atoms with E-state index in [2.05, 4.69) is 5.32 Å². The molecule has 3 aliphatic rings. The van der Waals surface area contributed by atoms with Crippen LogP contribution >= 0.6 is 0 Å². The SMILES string of the molecule is CCC(C)(C)NCc1cc(O)c2c(c1F)C[C@H]1C[C@H]3[C@H](N(C)C)C(=O)C(C(N)=O)=C(O)[C@@]3(O)C(=O)C1=C2O. The van der Waals surface area contributed by atoms with Crippen LogP contribution in [0.5, 0.6) is 5.75 Å². The number of likely N-dealkylation sites (N-methyl/N-ethyl adjacent to an activating group) is 1. The van der Waals surface area contributed by atoms with Crippen LogP contribution in [0.25, 0.3) is 5.76 Å². The minimum Gasteiger partial charge on any atom is -0.508 e. The van der Waals surface area contributed by atoms with Crippen LogP contribution in [0, 0.1) is 17.7 Å². The van der Waals surface area contributed by atoms with Crippen molar-refractivity contribution in [1.29, 1.82) is 0 Å². The molecule has 11 heteroatoms. The largest absolute Gasteiger partial charge is 0.508 e. The predicted octanol–water partition coefficient (Wildman–Crippen LogP) is 1.38. The number of carbonyl (C=O) groups is 3. The lowest BCUT2D eigenvalue weighted by Gasteiger charge is -2.50. The molecule has 4 atom stereocenters. The van der Waals surface area contributed by atoms with Gasteiger partial charge in [0.05, 0.1) is 11.6 Å². The fourth-order valence-electron chi connectivity index (χ4n) is 5.94. The number of nitrogens with one attached hydrogen (secondary N) is 1. The number of rotatable bonds is 6. The molecule has 0 aliphatic heterocycles. The van der Waals surface area contributed by atoms with Gasteiger partial charge in [0.25, 0.3) is 5.91 Å². The van der Waals surface area contributed by atoms with Gasteiger partial charge in [0.15, 0.2) is 11.4 Å². The summed E-state index contributed by atoms with van der Waals surface area (Å²) < 4.78 is 15.7. The van der Waals surface area contributed by atoms with Crippen molar-refractivity contribution in [1.82, 2.24) is 10.2 Å². The van der Waals surface area contributed by atoms with Crippen LogP contribution in [0.4, 0.5) is 4.39 Å². The monoisotopic (exact) mass is 531 g/mol. The quantitative estimate of drug-likeness (QED) is 0.296. The van der Waals surface area contributed by atoms with Crippen molar-refractivity contribution in [2.45, 2.75) is 63.8 Å². The zero-order valence-electron chi connectivity index (χ0n) is 22.1. The Morgan fingerprint density at radius 3 is 2.45 bits per heavy atom. The first-order chi connectivity index (χ1) is 17.6. The third kappa shape index (κ3) is 3.91. The molecule has 0 radical (unpaired) electrons. The number of nitrogens with two attached hydrogens (primary N) is 1. The second kappa shape index (κ2) is 9.18. The molecule has 1 saturated carbocycles. The van der Waals surface area contributed by atoms with Gasteiger partial charge in [-0.1, -0.05) is 6.92 Å². The van der Waals surface area contributed by atoms with Gasteiger partial charge in [0, 0.05) is 34.7 Å². The van der Waals surface area contributed by atoms with Crippen molar-refractivity contribution >= 4 is 23.2 Å². The molecule has 10 nitrogen and oxygen atoms in total. The minimum atomic E-state index is -2.73. The van der Waals surface area contributed by atoms with Gasteiger partial charge in [0.1, 0.15) is 28.7 Å². The number of ketones is 2. The van der Waals surface area contributed by atoms with Crippen molar-refractivity contribution < 1.29 is 39.2 Å². The number of hydrogen-bond donors (Lipinski definition) is 6. The Bertz CT molecular complexity index is 1320. The molecule has 0 bridgehead atoms. The molecule has 206 valence electrons. The predicted molar refractivity (Wildman–Crippen MR) is 135 cm³/mol. The van der Waals surface area contributed by atoms with E-state index in [1.54, 1.807) is 0 Å². The van der Waals surface area contributed by atoms with Gasteiger partial charge in [-0.25, -0.2) is 4.39 Å². The van der Waals surface area contributed by atoms with Crippen molar-refractivity contribution in [2.24, 2.45) is 17.6 Å². The highest BCUT2D eigenvalue weighted by atomic mass is 19.1. The first-order valence-electron chi connectivity index (χ1n) is 12.5. The molecular formula is C27H34FN3O7. The van der Waals surface area contributed by atoms with E-state index in [9.17, 15) is 34.8 Å². The van der Waals surface area contributed by atoms with Gasteiger partial charge < -0.3 is 31.5 Å². The molecule has 1 amide bonds. The fourth-order valence-corrected chi connectivity index (χ4v) is 5.94. The van der Waals surface area contributed by atoms with Gasteiger partial charge >= 0.3 is 0 Å². The van der Waals surface area contributed by atoms with Crippen LogP contribution in [0.2, 0.25) is 0 Å². The first-order valence-corrected chi connectivity index (χ1v) is 12.5. The lowest BCUT2D eigenvalue weighted by atomic mass is 9.57. The van der Waals surface area contributed by atoms with E-state index in [0.717, 1.165) is 6.42 Å². The number of phenolic OH excluding ortho intramolecular Hbond substituents is 1. The number of hydrogen-bond acceptors (Lipinski definition) is 9. The number of aliphatic hydroxyl groups excluding tert-OH is 2. The number of nitrogens with zero attached hydrogens (tertiary/aromatic N) is 1. The molecule has 0 unspecified atom stereocenters. The number of aliphatic hydroxyl groups is 3. The van der Waals surface area contributed by atoms with E-state index in [4.69, 9.17) is 5.73 Å². The summed E-state index contributed by atoms with van der Waals surface area (Å²) in [6, 6.07) is -0.0174. The number of aromatic hydroxyl groups is 1. The number of benzene rings is 1. The number of carbonyl (C=O) groups excluding carboxylic acids is 3. The van der Waals surface area contributed by atoms with Crippen molar-refractivity contribution in [3.05, 3.63) is 45.5 Å². The number of amides is 1. The molecule has 1 fully saturated rings. The molecule has 7 N–H and O–H groups in total. The number of primary amides is 1. The van der Waals surface area contributed by atoms with Gasteiger partial charge in [-0.2, -0.15) is 0 Å². The Kier molecular flexibility index (Phi) is 6.70. The number of phenols is 1. The Morgan fingerprint density at radius 1 is 1.26 bits per heavy atom. The Labute approximate surface area is 219 Å². The van der Waals surface area contributed by atoms with Crippen LogP contribution in [0.1, 0.15) is 50.3 Å². The van der Waals surface area contributed by atoms with Crippen LogP contribution in [0.3, 0.4) is 0 Å². The maximum absolute atomic E-state index is 15.7. The topological polar surface area (TPSA) is 173 Å². The summed E-state index contributed by atoms with van der Waals surface area (Å²) in [6.07, 6.45) is 0.577. The van der Waals surface area contributed by atoms with Crippen LogP contribution < -0.4 is 11.1 Å². The number of halogens is 1. The van der Waals surface area contributed by atoms with Crippen molar-refractivity contribution in [3.63, 3.8) is 0 Å². The van der Waals surface area contributed by atoms with Crippen LogP contribution in [-0.2, 0) is 27.3 Å². The maximum atomic E-state index is 15.7. The summed E-state index contributed by atoms with van der Waals surface area (Å²) >= 11 is 0. The Morgan fingerprint density at radius 2 is 1.89 bits per heavy atom. The molecule has 4 rings (SSSR count). The van der Waals surface area contributed by atoms with E-state index >= 15 is 4.39 Å². The molecule has 0 spiro atoms. The van der Waals surface area contributed by atoms with Gasteiger partial charge in [0.2, 0.25) is 5.78 Å². The standard InChI is InChI=1S/C27H34FN3O7/c1-6-26(2,3)30-10-12-9-15(32)17-13(19(12)28)7-11-8-14-20(31(4)5)22(34)18(25(29)37)24(36)27(14,38)23(35)16(11)21(17)33/h9,11,14,20,30,32-33,36,38H,6-8,10H2,1-5H3,(H2,29,37)/t11-,14-,20-,27-/m0/s1. The van der Waals surface area contributed by atoms with Crippen LogP contribution in [-0.4, -0.2) is 74.1 Å². The maximum Gasteiger partial charge on any atom is 0.255 e. The number of Topliss-reactive ketones (excluding diaryl/α,β-unsaturated/α-hetero) is 2. The lowest BCUT2D eigenvalue weighted by Crippen LogP contribution is -2.65. The van der Waals surface area contributed by atoms with Gasteiger partial charge in [-0.15, -0.1) is 0 Å². The van der Waals surface area contributed by atoms with Crippen molar-refractivity contribution in [2.75, 3.05) is 14.1 Å². The first kappa shape index (κ1) is 27.7. The zero-order chi connectivity index (χ0) is 28.5. The normalized spacial score (nSPS) is 27.4. The summed E-state index contributed by atoms with van der Waals surface area (Å²) in [5.41, 5.74) is 1.03. The van der Waals surface area contributed by atoms with E-state index in [-0.39, 0.29) is 47.2 Å². The second-order valence-corrected chi connectivity index (χ2v) is 11.3. The highest BCUT2D eigenvalue weighted by Gasteiger charge is 2.64. The molecule has 3 aliphatic carbocycles. The Balaban J connectivity index is 1.88. The molecular weight excluding hydrogens is 497 g/mol. The minimum absolute atomic E-state index is 0.0155. The second-order valence-electron chi connectivity index (χ2n) is 11.3. The fraction of sp³-hybridized carbons (Fsp3) is 0.519. The number of fused-ring (bicyclic) bond motifs is 3. The summed E-state index contributed by atoms with van der Waals surface area (Å²) in [4.78, 5) is 40.3. The smallest absolute Gasteiger partial charge is 0.255 e. The van der Waals surface area contributed by atoms with Crippen LogP contribution in [0.15, 0.2) is 23.0 Å². The third-order valence-electron chi connectivity index (χ3n) is 8.37. The molecule has 0 saturated heterocycles. The average molecular weight is 532 g/mol. The van der Waals surface area contributed by atoms with E-state index in [1.807, 2.05) is 20.8 Å². The molecule has 1 aromatic rings. The molecule has 0 aromatic heterocycles. The third-order valence-corrected chi connectivity index (χ3v) is 8.37. The summed E-state index contributed by atoms with van der Waals surface area (Å²) in [5.74, 6) is -8.29. The van der Waals surface area contributed by atoms with Crippen molar-refractivity contribution in [3.8, 4) is 5.75 Å². The highest BCUT2D eigenvalue weighted by molar-refractivity contribution is 6.24. The van der Waals surface area contributed by atoms with E-state index in [1.165, 1.54) is 25.1 Å². The highest BCUT2D eigenvalue weighted by Crippen LogP contribution is 2.53. The van der Waals surface area contributed by atoms with E-state index in [0.29, 0.717) is 0 Å². The molecule has 38 heavy (non-hydrogen) atoms. The average Bonchev–Trinajstić information content (AvgIpc) is 2.82. The van der Waals surface area contributed by atoms with Gasteiger partial charge in [-0.3, -0.25) is 19.3 Å². The summed E-state index contributed by atoms with van der Waals surface area (Å²) in [5, 5.41) is 47.6. The Hall–Kier alpha value is -3.28. The van der Waals surface area contributed by atoms with E-state index < -0.39 is 69.6 Å². The molecule has 0 heterocycles. The zero-order valence-corrected chi connectivity index (χ0v) is 22.1. The van der Waals surface area contributed by atoms with Gasteiger partial charge in [-0.05, 0) is 59.2 Å². The summed E-state index contributed by atoms with van der Waals surface area (Å²) in [6.45, 7) is 6.01.